The van der Waals surface area contributed by atoms with Crippen LogP contribution >= 0.6 is 34.8 Å². The van der Waals surface area contributed by atoms with E-state index in [4.69, 9.17) is 39.8 Å². The van der Waals surface area contributed by atoms with Gasteiger partial charge in [0, 0.05) is 34.4 Å². The number of imidazole rings is 1. The summed E-state index contributed by atoms with van der Waals surface area (Å²) in [5.41, 5.74) is 6.31. The summed E-state index contributed by atoms with van der Waals surface area (Å²) >= 11 is 18.9. The summed E-state index contributed by atoms with van der Waals surface area (Å²) in [6.45, 7) is 0. The molecule has 0 aliphatic heterocycles. The molecule has 6 aromatic rings. The van der Waals surface area contributed by atoms with Crippen LogP contribution in [0, 0.1) is 0 Å². The molecule has 4 aromatic carbocycles. The summed E-state index contributed by atoms with van der Waals surface area (Å²) in [5.74, 6) is -0.471. The third-order valence-corrected chi connectivity index (χ3v) is 7.83. The van der Waals surface area contributed by atoms with Gasteiger partial charge in [-0.2, -0.15) is 0 Å². The smallest absolute Gasteiger partial charge is 0.274 e. The van der Waals surface area contributed by atoms with E-state index < -0.39 is 0 Å². The summed E-state index contributed by atoms with van der Waals surface area (Å²) in [5, 5.41) is 5.49. The van der Waals surface area contributed by atoms with Gasteiger partial charge in [0.1, 0.15) is 5.69 Å². The zero-order chi connectivity index (χ0) is 28.5. The quantitative estimate of drug-likeness (QED) is 0.208. The maximum Gasteiger partial charge on any atom is 0.274 e. The Balaban J connectivity index is 1.53. The first-order valence-corrected chi connectivity index (χ1v) is 14.0. The molecule has 2 heterocycles. The van der Waals surface area contributed by atoms with E-state index in [2.05, 4.69) is 16.4 Å². The third-order valence-electron chi connectivity index (χ3n) is 7.01. The van der Waals surface area contributed by atoms with Crippen LogP contribution in [0.15, 0.2) is 110 Å². The Morgan fingerprint density at radius 1 is 0.829 bits per heavy atom. The van der Waals surface area contributed by atoms with E-state index in [0.717, 1.165) is 33.3 Å². The van der Waals surface area contributed by atoms with Gasteiger partial charge in [-0.15, -0.1) is 0 Å². The fourth-order valence-corrected chi connectivity index (χ4v) is 5.52. The highest BCUT2D eigenvalue weighted by molar-refractivity contribution is 6.34. The minimum absolute atomic E-state index is 0.112. The molecule has 202 valence electrons. The number of nitrogens with one attached hydrogen (secondary N) is 1. The summed E-state index contributed by atoms with van der Waals surface area (Å²) < 4.78 is 2.02. The van der Waals surface area contributed by atoms with E-state index in [1.807, 2.05) is 90.6 Å². The lowest BCUT2D eigenvalue weighted by Gasteiger charge is -2.20. The molecule has 6 rings (SSSR count). The molecular formula is C33H23Cl3N4O. The Morgan fingerprint density at radius 2 is 1.61 bits per heavy atom. The number of para-hydroxylation sites is 1. The topological polar surface area (TPSA) is 59.8 Å². The lowest BCUT2D eigenvalue weighted by atomic mass is 9.87. The second-order valence-corrected chi connectivity index (χ2v) is 11.0. The van der Waals surface area contributed by atoms with Gasteiger partial charge in [0.05, 0.1) is 28.5 Å². The molecule has 1 amide bonds. The van der Waals surface area contributed by atoms with Crippen molar-refractivity contribution in [2.45, 2.75) is 5.92 Å². The van der Waals surface area contributed by atoms with E-state index in [0.29, 0.717) is 26.3 Å². The van der Waals surface area contributed by atoms with Crippen molar-refractivity contribution in [3.63, 3.8) is 0 Å². The number of rotatable bonds is 6. The van der Waals surface area contributed by atoms with Crippen molar-refractivity contribution in [3.05, 3.63) is 147 Å². The zero-order valence-electron chi connectivity index (χ0n) is 21.9. The Kier molecular flexibility index (Phi) is 7.50. The molecule has 0 fully saturated rings. The number of pyridine rings is 1. The van der Waals surface area contributed by atoms with Gasteiger partial charge in [-0.1, -0.05) is 77.3 Å². The standard InChI is InChI=1S/C33H23Cl3N4O/c1-40-19-37-18-31(40)32(20-9-12-23(34)13-10-20)22-11-14-28-26(16-22)25(21-5-4-6-24(35)15-21)17-30(38-28)33(41)39-29-8-3-2-7-27(29)36/h2-19,32H,1H3,(H,39,41). The number of hydrogen-bond donors (Lipinski definition) is 1. The van der Waals surface area contributed by atoms with Crippen LogP contribution < -0.4 is 5.32 Å². The van der Waals surface area contributed by atoms with Crippen molar-refractivity contribution in [2.24, 2.45) is 7.05 Å². The highest BCUT2D eigenvalue weighted by Crippen LogP contribution is 2.37. The number of halogens is 3. The summed E-state index contributed by atoms with van der Waals surface area (Å²) in [4.78, 5) is 22.5. The molecule has 0 spiro atoms. The summed E-state index contributed by atoms with van der Waals surface area (Å²) in [6, 6.07) is 30.4. The largest absolute Gasteiger partial charge is 0.337 e. The first-order chi connectivity index (χ1) is 19.9. The van der Waals surface area contributed by atoms with Gasteiger partial charge >= 0.3 is 0 Å². The van der Waals surface area contributed by atoms with Crippen LogP contribution in [0.4, 0.5) is 5.69 Å². The SMILES string of the molecule is Cn1cncc1C(c1ccc(Cl)cc1)c1ccc2nc(C(=O)Nc3ccccc3Cl)cc(-c3cccc(Cl)c3)c2c1. The number of hydrogen-bond acceptors (Lipinski definition) is 3. The molecule has 8 heteroatoms. The predicted octanol–water partition coefficient (Wildman–Crippen LogP) is 9.03. The predicted molar refractivity (Wildman–Crippen MR) is 167 cm³/mol. The maximum absolute atomic E-state index is 13.4. The maximum atomic E-state index is 13.4. The molecule has 0 aliphatic rings. The van der Waals surface area contributed by atoms with Crippen LogP contribution in [0.1, 0.15) is 33.2 Å². The number of fused-ring (bicyclic) bond motifs is 1. The molecule has 1 N–H and O–H groups in total. The summed E-state index contributed by atoms with van der Waals surface area (Å²) in [7, 11) is 1.98. The Bertz CT molecular complexity index is 1900. The molecule has 0 aliphatic carbocycles. The highest BCUT2D eigenvalue weighted by atomic mass is 35.5. The molecule has 0 radical (unpaired) electrons. The van der Waals surface area contributed by atoms with Crippen molar-refractivity contribution in [3.8, 4) is 11.1 Å². The van der Waals surface area contributed by atoms with Crippen molar-refractivity contribution >= 4 is 57.3 Å². The van der Waals surface area contributed by atoms with E-state index in [1.165, 1.54) is 0 Å². The van der Waals surface area contributed by atoms with E-state index >= 15 is 0 Å². The van der Waals surface area contributed by atoms with Crippen LogP contribution in [0.25, 0.3) is 22.0 Å². The Labute approximate surface area is 252 Å². The Morgan fingerprint density at radius 3 is 2.34 bits per heavy atom. The van der Waals surface area contributed by atoms with Crippen LogP contribution in [0.3, 0.4) is 0 Å². The number of nitrogens with zero attached hydrogens (tertiary/aromatic N) is 3. The molecule has 5 nitrogen and oxygen atoms in total. The number of aromatic nitrogens is 3. The van der Waals surface area contributed by atoms with E-state index in [-0.39, 0.29) is 17.5 Å². The molecule has 1 unspecified atom stereocenters. The van der Waals surface area contributed by atoms with E-state index in [9.17, 15) is 4.79 Å². The number of carbonyl (C=O) groups excluding carboxylic acids is 1. The van der Waals surface area contributed by atoms with Crippen LogP contribution in [-0.4, -0.2) is 20.4 Å². The van der Waals surface area contributed by atoms with Crippen LogP contribution in [0.2, 0.25) is 15.1 Å². The number of anilines is 1. The normalized spacial score (nSPS) is 11.9. The number of amides is 1. The molecule has 0 bridgehead atoms. The second-order valence-electron chi connectivity index (χ2n) is 9.69. The van der Waals surface area contributed by atoms with Gasteiger partial charge in [0.2, 0.25) is 0 Å². The lowest BCUT2D eigenvalue weighted by Crippen LogP contribution is -2.14. The molecule has 0 saturated heterocycles. The van der Waals surface area contributed by atoms with Crippen molar-refractivity contribution in [1.29, 1.82) is 0 Å². The van der Waals surface area contributed by atoms with Gasteiger partial charge in [0.25, 0.3) is 5.91 Å². The third kappa shape index (κ3) is 5.57. The first-order valence-electron chi connectivity index (χ1n) is 12.9. The number of aryl methyl sites for hydroxylation is 1. The fraction of sp³-hybridized carbons (Fsp3) is 0.0606. The number of carbonyl (C=O) groups is 1. The summed E-state index contributed by atoms with van der Waals surface area (Å²) in [6.07, 6.45) is 3.67. The Hall–Kier alpha value is -4.16. The van der Waals surface area contributed by atoms with Crippen molar-refractivity contribution in [2.75, 3.05) is 5.32 Å². The van der Waals surface area contributed by atoms with Crippen LogP contribution in [-0.2, 0) is 7.05 Å². The molecule has 41 heavy (non-hydrogen) atoms. The average Bonchev–Trinajstić information content (AvgIpc) is 3.40. The molecule has 0 saturated carbocycles. The van der Waals surface area contributed by atoms with Crippen molar-refractivity contribution < 1.29 is 4.79 Å². The zero-order valence-corrected chi connectivity index (χ0v) is 24.1. The monoisotopic (exact) mass is 596 g/mol. The molecular weight excluding hydrogens is 575 g/mol. The second kappa shape index (κ2) is 11.4. The van der Waals surface area contributed by atoms with E-state index in [1.54, 1.807) is 24.5 Å². The van der Waals surface area contributed by atoms with Gasteiger partial charge in [-0.25, -0.2) is 9.97 Å². The van der Waals surface area contributed by atoms with Gasteiger partial charge in [0.15, 0.2) is 0 Å². The first kappa shape index (κ1) is 27.0. The van der Waals surface area contributed by atoms with Crippen molar-refractivity contribution in [1.82, 2.24) is 14.5 Å². The lowest BCUT2D eigenvalue weighted by molar-refractivity contribution is 0.102. The van der Waals surface area contributed by atoms with Gasteiger partial charge < -0.3 is 9.88 Å². The number of benzene rings is 4. The van der Waals surface area contributed by atoms with Crippen LogP contribution in [0.5, 0.6) is 0 Å². The minimum Gasteiger partial charge on any atom is -0.337 e. The molecule has 1 atom stereocenters. The molecule has 2 aromatic heterocycles. The highest BCUT2D eigenvalue weighted by Gasteiger charge is 2.22. The fourth-order valence-electron chi connectivity index (χ4n) is 5.02. The average molecular weight is 598 g/mol. The minimum atomic E-state index is -0.360. The van der Waals surface area contributed by atoms with Gasteiger partial charge in [-0.05, 0) is 76.9 Å². The van der Waals surface area contributed by atoms with Gasteiger partial charge in [-0.3, -0.25) is 4.79 Å².